The molecule has 1 aliphatic carbocycles. The van der Waals surface area contributed by atoms with E-state index in [0.717, 1.165) is 29.5 Å². The molecule has 2 bridgehead atoms. The molecule has 1 aromatic carbocycles. The van der Waals surface area contributed by atoms with Gasteiger partial charge in [0.15, 0.2) is 11.6 Å². The van der Waals surface area contributed by atoms with Crippen LogP contribution in [0.15, 0.2) is 12.1 Å². The minimum absolute atomic E-state index is 0.0255. The zero-order valence-corrected chi connectivity index (χ0v) is 14.3. The highest BCUT2D eigenvalue weighted by molar-refractivity contribution is 6.17. The smallest absolute Gasteiger partial charge is 0.154 e. The Hall–Kier alpha value is -1.48. The number of rotatable bonds is 2. The van der Waals surface area contributed by atoms with E-state index in [1.165, 1.54) is 5.56 Å². The number of fused-ring (bicyclic) bond motifs is 5. The highest BCUT2D eigenvalue weighted by atomic mass is 16.5. The van der Waals surface area contributed by atoms with Crippen LogP contribution in [0.3, 0.4) is 0 Å². The fourth-order valence-electron chi connectivity index (χ4n) is 5.40. The lowest BCUT2D eigenvalue weighted by molar-refractivity contribution is -0.127. The summed E-state index contributed by atoms with van der Waals surface area (Å²) in [6.45, 7) is 8.24. The third-order valence-corrected chi connectivity index (χ3v) is 6.25. The van der Waals surface area contributed by atoms with E-state index in [1.54, 1.807) is 0 Å². The molecule has 0 aromatic heterocycles. The first kappa shape index (κ1) is 15.1. The molecule has 122 valence electrons. The highest BCUT2D eigenvalue weighted by Crippen LogP contribution is 2.55. The number of benzene rings is 1. The molecule has 4 rings (SSSR count). The van der Waals surface area contributed by atoms with Gasteiger partial charge in [-0.3, -0.25) is 9.59 Å². The van der Waals surface area contributed by atoms with E-state index in [0.29, 0.717) is 5.92 Å². The molecule has 3 fully saturated rings. The molecule has 23 heavy (non-hydrogen) atoms. The molecule has 3 aliphatic rings. The molecule has 0 N–H and O–H groups in total. The van der Waals surface area contributed by atoms with Gasteiger partial charge in [-0.05, 0) is 49.8 Å². The van der Waals surface area contributed by atoms with E-state index in [4.69, 9.17) is 4.74 Å². The zero-order chi connectivity index (χ0) is 16.5. The van der Waals surface area contributed by atoms with Crippen LogP contribution in [0.25, 0.3) is 0 Å². The van der Waals surface area contributed by atoms with Crippen molar-refractivity contribution >= 4 is 11.6 Å². The molecule has 0 spiro atoms. The van der Waals surface area contributed by atoms with Crippen molar-refractivity contribution in [2.75, 3.05) is 0 Å². The van der Waals surface area contributed by atoms with Crippen LogP contribution in [0.4, 0.5) is 0 Å². The van der Waals surface area contributed by atoms with Crippen molar-refractivity contribution in [1.82, 2.24) is 0 Å². The van der Waals surface area contributed by atoms with E-state index in [-0.39, 0.29) is 35.6 Å². The third kappa shape index (κ3) is 1.92. The van der Waals surface area contributed by atoms with Crippen LogP contribution in [-0.4, -0.2) is 23.8 Å². The van der Waals surface area contributed by atoms with Crippen LogP contribution >= 0.6 is 0 Å². The van der Waals surface area contributed by atoms with Crippen molar-refractivity contribution in [3.8, 4) is 0 Å². The van der Waals surface area contributed by atoms with Gasteiger partial charge in [-0.15, -0.1) is 0 Å². The maximum Gasteiger partial charge on any atom is 0.154 e. The molecule has 1 aromatic rings. The molecule has 2 heterocycles. The van der Waals surface area contributed by atoms with Crippen molar-refractivity contribution in [1.29, 1.82) is 0 Å². The molecular formula is C20H24O3. The van der Waals surface area contributed by atoms with Crippen molar-refractivity contribution in [2.24, 2.45) is 17.8 Å². The lowest BCUT2D eigenvalue weighted by Gasteiger charge is -2.24. The maximum atomic E-state index is 13.1. The van der Waals surface area contributed by atoms with Gasteiger partial charge in [-0.1, -0.05) is 31.0 Å². The summed E-state index contributed by atoms with van der Waals surface area (Å²) in [6, 6.07) is 4.16. The molecular weight excluding hydrogens is 288 g/mol. The number of hydrogen-bond donors (Lipinski definition) is 0. The Balaban J connectivity index is 1.76. The molecule has 6 atom stereocenters. The predicted octanol–water partition coefficient (Wildman–Crippen LogP) is 3.28. The summed E-state index contributed by atoms with van der Waals surface area (Å²) in [7, 11) is 0. The third-order valence-electron chi connectivity index (χ3n) is 6.25. The summed E-state index contributed by atoms with van der Waals surface area (Å²) < 4.78 is 6.01. The number of ketones is 2. The van der Waals surface area contributed by atoms with E-state index in [9.17, 15) is 9.59 Å². The first-order chi connectivity index (χ1) is 10.9. The standard InChI is InChI=1S/C20H24O3/c1-5-12-8-13-15-17(20(12)23-13)19(22)16(18(15)21)14-10(3)6-9(2)7-11(14)4/h6-7,12-13,15-17,20H,5,8H2,1-4H3/t12-,13+,15+,16?,17-,20-/m1/s1. The molecule has 2 saturated heterocycles. The summed E-state index contributed by atoms with van der Waals surface area (Å²) in [4.78, 5) is 26.2. The van der Waals surface area contributed by atoms with E-state index < -0.39 is 5.92 Å². The van der Waals surface area contributed by atoms with Gasteiger partial charge in [0.25, 0.3) is 0 Å². The minimum Gasteiger partial charge on any atom is -0.373 e. The Morgan fingerprint density at radius 1 is 1.04 bits per heavy atom. The molecule has 1 unspecified atom stereocenters. The molecule has 0 radical (unpaired) electrons. The first-order valence-corrected chi connectivity index (χ1v) is 8.74. The Labute approximate surface area is 137 Å². The number of aryl methyl sites for hydroxylation is 3. The average molecular weight is 312 g/mol. The summed E-state index contributed by atoms with van der Waals surface area (Å²) in [6.07, 6.45) is 1.92. The van der Waals surface area contributed by atoms with Gasteiger partial charge < -0.3 is 4.74 Å². The van der Waals surface area contributed by atoms with Gasteiger partial charge in [-0.25, -0.2) is 0 Å². The van der Waals surface area contributed by atoms with E-state index in [1.807, 2.05) is 13.8 Å². The lowest BCUT2D eigenvalue weighted by atomic mass is 9.74. The highest BCUT2D eigenvalue weighted by Gasteiger charge is 2.65. The van der Waals surface area contributed by atoms with Crippen molar-refractivity contribution in [3.05, 3.63) is 34.4 Å². The van der Waals surface area contributed by atoms with Gasteiger partial charge in [0, 0.05) is 0 Å². The maximum absolute atomic E-state index is 13.1. The van der Waals surface area contributed by atoms with Crippen molar-refractivity contribution < 1.29 is 14.3 Å². The van der Waals surface area contributed by atoms with Crippen LogP contribution in [0, 0.1) is 38.5 Å². The zero-order valence-electron chi connectivity index (χ0n) is 14.3. The Kier molecular flexibility index (Phi) is 3.28. The fourth-order valence-corrected chi connectivity index (χ4v) is 5.40. The van der Waals surface area contributed by atoms with Gasteiger partial charge in [0.1, 0.15) is 5.92 Å². The summed E-state index contributed by atoms with van der Waals surface area (Å²) >= 11 is 0. The Morgan fingerprint density at radius 3 is 2.26 bits per heavy atom. The van der Waals surface area contributed by atoms with Crippen molar-refractivity contribution in [3.63, 3.8) is 0 Å². The van der Waals surface area contributed by atoms with Gasteiger partial charge in [0.2, 0.25) is 0 Å². The summed E-state index contributed by atoms with van der Waals surface area (Å²) in [5, 5.41) is 0. The monoisotopic (exact) mass is 312 g/mol. The van der Waals surface area contributed by atoms with Crippen molar-refractivity contribution in [2.45, 2.75) is 58.7 Å². The second kappa shape index (κ2) is 5.01. The topological polar surface area (TPSA) is 43.4 Å². The number of ether oxygens (including phenoxy) is 1. The van der Waals surface area contributed by atoms with Gasteiger partial charge >= 0.3 is 0 Å². The van der Waals surface area contributed by atoms with Crippen LogP contribution in [0.2, 0.25) is 0 Å². The second-order valence-electron chi connectivity index (χ2n) is 7.64. The van der Waals surface area contributed by atoms with E-state index >= 15 is 0 Å². The second-order valence-corrected chi connectivity index (χ2v) is 7.64. The molecule has 2 aliphatic heterocycles. The Morgan fingerprint density at radius 2 is 1.65 bits per heavy atom. The van der Waals surface area contributed by atoms with E-state index in [2.05, 4.69) is 26.0 Å². The first-order valence-electron chi connectivity index (χ1n) is 8.74. The Bertz CT molecular complexity index is 682. The molecule has 0 amide bonds. The lowest BCUT2D eigenvalue weighted by Crippen LogP contribution is -2.34. The van der Waals surface area contributed by atoms with Crippen LogP contribution < -0.4 is 0 Å². The number of Topliss-reactive ketones (excluding diaryl/α,β-unsaturated/α-hetero) is 2. The number of carbonyl (C=O) groups excluding carboxylic acids is 2. The predicted molar refractivity (Wildman–Crippen MR) is 87.4 cm³/mol. The van der Waals surface area contributed by atoms with Crippen LogP contribution in [0.1, 0.15) is 47.9 Å². The fraction of sp³-hybridized carbons (Fsp3) is 0.600. The molecule has 3 heteroatoms. The molecule has 1 saturated carbocycles. The van der Waals surface area contributed by atoms with Crippen LogP contribution in [-0.2, 0) is 14.3 Å². The SMILES string of the molecule is CC[C@@H]1C[C@@H]2O[C@H]1[C@H]1C(=O)C(c3c(C)cc(C)cc3C)C(=O)[C@H]12. The minimum atomic E-state index is -0.560. The number of hydrogen-bond acceptors (Lipinski definition) is 3. The number of carbonyl (C=O) groups is 2. The van der Waals surface area contributed by atoms with Gasteiger partial charge in [0.05, 0.1) is 24.0 Å². The largest absolute Gasteiger partial charge is 0.373 e. The quantitative estimate of drug-likeness (QED) is 0.787. The summed E-state index contributed by atoms with van der Waals surface area (Å²) in [5.41, 5.74) is 4.26. The normalized spacial score (nSPS) is 38.4. The van der Waals surface area contributed by atoms with Crippen LogP contribution in [0.5, 0.6) is 0 Å². The summed E-state index contributed by atoms with van der Waals surface area (Å²) in [5.74, 6) is -0.290. The molecule has 3 nitrogen and oxygen atoms in total. The average Bonchev–Trinajstić information content (AvgIpc) is 3.12. The van der Waals surface area contributed by atoms with Gasteiger partial charge in [-0.2, -0.15) is 0 Å².